The van der Waals surface area contributed by atoms with E-state index in [4.69, 9.17) is 0 Å². The van der Waals surface area contributed by atoms with Crippen LogP contribution >= 0.6 is 0 Å². The molecule has 17 heavy (non-hydrogen) atoms. The topological polar surface area (TPSA) is 39.7 Å². The quantitative estimate of drug-likeness (QED) is 0.564. The first kappa shape index (κ1) is 14.3. The van der Waals surface area contributed by atoms with E-state index in [1.807, 2.05) is 7.05 Å². The zero-order chi connectivity index (χ0) is 12.5. The van der Waals surface area contributed by atoms with Gasteiger partial charge in [-0.05, 0) is 39.3 Å². The molecule has 1 fully saturated rings. The maximum atomic E-state index is 4.23. The molecule has 1 rings (SSSR count). The molecule has 0 aromatic heterocycles. The van der Waals surface area contributed by atoms with Gasteiger partial charge in [-0.3, -0.25) is 4.99 Å². The van der Waals surface area contributed by atoms with E-state index >= 15 is 0 Å². The van der Waals surface area contributed by atoms with Crippen molar-refractivity contribution in [1.82, 2.24) is 15.5 Å². The van der Waals surface area contributed by atoms with Crippen LogP contribution in [0.5, 0.6) is 0 Å². The second-order valence-electron chi connectivity index (χ2n) is 4.85. The number of rotatable bonds is 5. The van der Waals surface area contributed by atoms with E-state index in [1.54, 1.807) is 0 Å². The Morgan fingerprint density at radius 3 is 2.59 bits per heavy atom. The highest BCUT2D eigenvalue weighted by atomic mass is 15.2. The first-order valence-corrected chi connectivity index (χ1v) is 6.95. The summed E-state index contributed by atoms with van der Waals surface area (Å²) in [5.41, 5.74) is 0. The van der Waals surface area contributed by atoms with Gasteiger partial charge in [0, 0.05) is 26.2 Å². The molecule has 4 nitrogen and oxygen atoms in total. The van der Waals surface area contributed by atoms with Crippen molar-refractivity contribution in [3.05, 3.63) is 0 Å². The van der Waals surface area contributed by atoms with Gasteiger partial charge in [0.05, 0.1) is 0 Å². The third-order valence-corrected chi connectivity index (χ3v) is 3.39. The summed E-state index contributed by atoms with van der Waals surface area (Å²) in [5, 5.41) is 6.75. The van der Waals surface area contributed by atoms with Gasteiger partial charge in [0.1, 0.15) is 0 Å². The molecule has 1 aliphatic rings. The fourth-order valence-electron chi connectivity index (χ4n) is 2.05. The maximum Gasteiger partial charge on any atom is 0.191 e. The van der Waals surface area contributed by atoms with Crippen molar-refractivity contribution in [3.63, 3.8) is 0 Å². The van der Waals surface area contributed by atoms with Crippen molar-refractivity contribution >= 4 is 5.96 Å². The Morgan fingerprint density at radius 2 is 2.00 bits per heavy atom. The summed E-state index contributed by atoms with van der Waals surface area (Å²) in [4.78, 5) is 6.77. The lowest BCUT2D eigenvalue weighted by atomic mass is 10.1. The fraction of sp³-hybridized carbons (Fsp3) is 0.923. The van der Waals surface area contributed by atoms with Crippen LogP contribution in [-0.4, -0.2) is 50.1 Å². The molecule has 0 amide bonds. The SMILES string of the molecule is CCC(C)NC(=NC)NCCN1CCCCC1. The number of nitrogens with zero attached hydrogens (tertiary/aromatic N) is 2. The zero-order valence-corrected chi connectivity index (χ0v) is 11.6. The van der Waals surface area contributed by atoms with E-state index in [0.717, 1.165) is 25.5 Å². The highest BCUT2D eigenvalue weighted by Crippen LogP contribution is 2.07. The Balaban J connectivity index is 2.14. The molecule has 100 valence electrons. The van der Waals surface area contributed by atoms with E-state index in [1.165, 1.54) is 32.4 Å². The predicted molar refractivity (Wildman–Crippen MR) is 74.5 cm³/mol. The Hall–Kier alpha value is -0.770. The standard InChI is InChI=1S/C13H28N4/c1-4-12(2)16-13(14-3)15-8-11-17-9-6-5-7-10-17/h12H,4-11H2,1-3H3,(H2,14,15,16). The molecule has 1 saturated heterocycles. The van der Waals surface area contributed by atoms with Crippen LogP contribution in [0.15, 0.2) is 4.99 Å². The van der Waals surface area contributed by atoms with Gasteiger partial charge in [-0.25, -0.2) is 0 Å². The van der Waals surface area contributed by atoms with Gasteiger partial charge in [-0.15, -0.1) is 0 Å². The van der Waals surface area contributed by atoms with Crippen molar-refractivity contribution in [2.75, 3.05) is 33.2 Å². The lowest BCUT2D eigenvalue weighted by Crippen LogP contribution is -2.45. The molecule has 0 aromatic carbocycles. The smallest absolute Gasteiger partial charge is 0.191 e. The molecular weight excluding hydrogens is 212 g/mol. The van der Waals surface area contributed by atoms with Crippen molar-refractivity contribution < 1.29 is 0 Å². The minimum Gasteiger partial charge on any atom is -0.355 e. The number of hydrogen-bond acceptors (Lipinski definition) is 2. The van der Waals surface area contributed by atoms with E-state index in [-0.39, 0.29) is 0 Å². The van der Waals surface area contributed by atoms with E-state index in [9.17, 15) is 0 Å². The zero-order valence-electron chi connectivity index (χ0n) is 11.6. The molecule has 1 heterocycles. The van der Waals surface area contributed by atoms with Crippen LogP contribution in [0.2, 0.25) is 0 Å². The number of aliphatic imine (C=N–C) groups is 1. The van der Waals surface area contributed by atoms with Crippen LogP contribution in [0.1, 0.15) is 39.5 Å². The summed E-state index contributed by atoms with van der Waals surface area (Å²) in [7, 11) is 1.83. The molecule has 0 aromatic rings. The Bertz CT molecular complexity index is 221. The lowest BCUT2D eigenvalue weighted by Gasteiger charge is -2.26. The minimum absolute atomic E-state index is 0.483. The van der Waals surface area contributed by atoms with Gasteiger partial charge < -0.3 is 15.5 Å². The largest absolute Gasteiger partial charge is 0.355 e. The molecule has 0 radical (unpaired) electrons. The van der Waals surface area contributed by atoms with Gasteiger partial charge in [-0.1, -0.05) is 13.3 Å². The molecule has 0 saturated carbocycles. The van der Waals surface area contributed by atoms with Crippen molar-refractivity contribution in [2.24, 2.45) is 4.99 Å². The van der Waals surface area contributed by atoms with Crippen LogP contribution in [0.25, 0.3) is 0 Å². The number of likely N-dealkylation sites (tertiary alicyclic amines) is 1. The molecule has 0 aliphatic carbocycles. The van der Waals surface area contributed by atoms with Crippen LogP contribution in [0, 0.1) is 0 Å². The Morgan fingerprint density at radius 1 is 1.29 bits per heavy atom. The second kappa shape index (κ2) is 8.34. The number of nitrogens with one attached hydrogen (secondary N) is 2. The minimum atomic E-state index is 0.483. The Kier molecular flexibility index (Phi) is 7.01. The van der Waals surface area contributed by atoms with Gasteiger partial charge >= 0.3 is 0 Å². The van der Waals surface area contributed by atoms with E-state index in [2.05, 4.69) is 34.4 Å². The molecule has 2 N–H and O–H groups in total. The first-order valence-electron chi connectivity index (χ1n) is 6.95. The van der Waals surface area contributed by atoms with Crippen molar-refractivity contribution in [1.29, 1.82) is 0 Å². The van der Waals surface area contributed by atoms with Gasteiger partial charge in [0.2, 0.25) is 0 Å². The van der Waals surface area contributed by atoms with E-state index < -0.39 is 0 Å². The number of hydrogen-bond donors (Lipinski definition) is 2. The number of piperidine rings is 1. The number of guanidine groups is 1. The van der Waals surface area contributed by atoms with Crippen LogP contribution in [0.3, 0.4) is 0 Å². The average molecular weight is 240 g/mol. The summed E-state index contributed by atoms with van der Waals surface area (Å²) >= 11 is 0. The molecule has 4 heteroatoms. The third-order valence-electron chi connectivity index (χ3n) is 3.39. The van der Waals surface area contributed by atoms with Crippen molar-refractivity contribution in [2.45, 2.75) is 45.6 Å². The van der Waals surface area contributed by atoms with Crippen LogP contribution in [-0.2, 0) is 0 Å². The normalized spacial score (nSPS) is 20.1. The van der Waals surface area contributed by atoms with Crippen LogP contribution < -0.4 is 10.6 Å². The molecule has 1 unspecified atom stereocenters. The van der Waals surface area contributed by atoms with Gasteiger partial charge in [-0.2, -0.15) is 0 Å². The average Bonchev–Trinajstić information content (AvgIpc) is 2.38. The first-order chi connectivity index (χ1) is 8.26. The van der Waals surface area contributed by atoms with Crippen molar-refractivity contribution in [3.8, 4) is 0 Å². The molecule has 1 atom stereocenters. The monoisotopic (exact) mass is 240 g/mol. The van der Waals surface area contributed by atoms with Crippen LogP contribution in [0.4, 0.5) is 0 Å². The third kappa shape index (κ3) is 5.91. The summed E-state index contributed by atoms with van der Waals surface area (Å²) in [6.07, 6.45) is 5.24. The summed E-state index contributed by atoms with van der Waals surface area (Å²) in [5.74, 6) is 0.927. The highest BCUT2D eigenvalue weighted by Gasteiger charge is 2.09. The molecule has 0 bridgehead atoms. The summed E-state index contributed by atoms with van der Waals surface area (Å²) in [6, 6.07) is 0.483. The summed E-state index contributed by atoms with van der Waals surface area (Å²) in [6.45, 7) is 8.99. The molecule has 0 spiro atoms. The van der Waals surface area contributed by atoms with E-state index in [0.29, 0.717) is 6.04 Å². The predicted octanol–water partition coefficient (Wildman–Crippen LogP) is 1.44. The molecular formula is C13H28N4. The summed E-state index contributed by atoms with van der Waals surface area (Å²) < 4.78 is 0. The van der Waals surface area contributed by atoms with Gasteiger partial charge in [0.25, 0.3) is 0 Å². The fourth-order valence-corrected chi connectivity index (χ4v) is 2.05. The Labute approximate surface area is 106 Å². The highest BCUT2D eigenvalue weighted by molar-refractivity contribution is 5.79. The molecule has 1 aliphatic heterocycles. The van der Waals surface area contributed by atoms with Gasteiger partial charge in [0.15, 0.2) is 5.96 Å². The maximum absolute atomic E-state index is 4.23. The lowest BCUT2D eigenvalue weighted by molar-refractivity contribution is 0.232. The second-order valence-corrected chi connectivity index (χ2v) is 4.85.